The van der Waals surface area contributed by atoms with Crippen LogP contribution in [0.4, 0.5) is 0 Å². The fourth-order valence-corrected chi connectivity index (χ4v) is 2.52. The zero-order valence-electron chi connectivity index (χ0n) is 8.46. The molecule has 0 aliphatic heterocycles. The number of hydrogen-bond donors (Lipinski definition) is 0. The molecule has 84 valence electrons. The predicted molar refractivity (Wildman–Crippen MR) is 61.0 cm³/mol. The Hall–Kier alpha value is -1.33. The molecule has 0 bridgehead atoms. The van der Waals surface area contributed by atoms with Crippen LogP contribution in [0.15, 0.2) is 41.4 Å². The van der Waals surface area contributed by atoms with Crippen LogP contribution < -0.4 is 0 Å². The molecule has 1 aromatic carbocycles. The van der Waals surface area contributed by atoms with E-state index in [-0.39, 0.29) is 4.90 Å². The summed E-state index contributed by atoms with van der Waals surface area (Å²) in [6.07, 6.45) is 1.42. The molecule has 0 aliphatic carbocycles. The van der Waals surface area contributed by atoms with E-state index in [0.717, 1.165) is 4.09 Å². The SMILES string of the molecule is Cc1ccn(S(=O)(=O)c2ccc(Cl)cc2)n1. The molecule has 16 heavy (non-hydrogen) atoms. The van der Waals surface area contributed by atoms with Crippen molar-refractivity contribution < 1.29 is 8.42 Å². The van der Waals surface area contributed by atoms with E-state index < -0.39 is 10.0 Å². The van der Waals surface area contributed by atoms with Gasteiger partial charge in [0, 0.05) is 11.2 Å². The van der Waals surface area contributed by atoms with Crippen molar-refractivity contribution in [2.45, 2.75) is 11.8 Å². The van der Waals surface area contributed by atoms with Crippen molar-refractivity contribution in [1.29, 1.82) is 0 Å². The van der Waals surface area contributed by atoms with Gasteiger partial charge in [-0.15, -0.1) is 0 Å². The summed E-state index contributed by atoms with van der Waals surface area (Å²) in [4.78, 5) is 0.167. The van der Waals surface area contributed by atoms with Crippen LogP contribution in [0.25, 0.3) is 0 Å². The molecular formula is C10H9ClN2O2S. The topological polar surface area (TPSA) is 52.0 Å². The van der Waals surface area contributed by atoms with E-state index in [1.807, 2.05) is 0 Å². The molecule has 0 fully saturated rings. The van der Waals surface area contributed by atoms with Gasteiger partial charge in [-0.25, -0.2) is 0 Å². The highest BCUT2D eigenvalue weighted by atomic mass is 35.5. The van der Waals surface area contributed by atoms with Crippen LogP contribution >= 0.6 is 11.6 Å². The van der Waals surface area contributed by atoms with E-state index in [0.29, 0.717) is 10.7 Å². The standard InChI is InChI=1S/C10H9ClN2O2S/c1-8-6-7-13(12-8)16(14,15)10-4-2-9(11)3-5-10/h2-7H,1H3. The van der Waals surface area contributed by atoms with Gasteiger partial charge in [-0.1, -0.05) is 11.6 Å². The monoisotopic (exact) mass is 256 g/mol. The van der Waals surface area contributed by atoms with Crippen molar-refractivity contribution in [3.05, 3.63) is 47.2 Å². The Bertz CT molecular complexity index is 602. The Morgan fingerprint density at radius 1 is 1.19 bits per heavy atom. The summed E-state index contributed by atoms with van der Waals surface area (Å²) >= 11 is 5.69. The Morgan fingerprint density at radius 2 is 1.81 bits per heavy atom. The Kier molecular flexibility index (Phi) is 2.73. The van der Waals surface area contributed by atoms with E-state index >= 15 is 0 Å². The van der Waals surface area contributed by atoms with E-state index in [1.165, 1.54) is 30.5 Å². The van der Waals surface area contributed by atoms with Crippen molar-refractivity contribution in [3.8, 4) is 0 Å². The highest BCUT2D eigenvalue weighted by Gasteiger charge is 2.16. The lowest BCUT2D eigenvalue weighted by atomic mass is 10.4. The molecule has 0 saturated heterocycles. The second-order valence-electron chi connectivity index (χ2n) is 3.29. The van der Waals surface area contributed by atoms with E-state index in [9.17, 15) is 8.42 Å². The maximum atomic E-state index is 12.0. The molecule has 0 saturated carbocycles. The molecule has 1 aromatic heterocycles. The van der Waals surface area contributed by atoms with Crippen LogP contribution in [0, 0.1) is 6.92 Å². The van der Waals surface area contributed by atoms with E-state index in [1.54, 1.807) is 13.0 Å². The smallest absolute Gasteiger partial charge is 0.199 e. The summed E-state index contributed by atoms with van der Waals surface area (Å²) in [6.45, 7) is 1.73. The molecule has 0 atom stereocenters. The summed E-state index contributed by atoms with van der Waals surface area (Å²) < 4.78 is 25.0. The number of nitrogens with zero attached hydrogens (tertiary/aromatic N) is 2. The third kappa shape index (κ3) is 1.96. The molecule has 6 heteroatoms. The largest absolute Gasteiger partial charge is 0.282 e. The predicted octanol–water partition coefficient (Wildman–Crippen LogP) is 2.08. The first-order valence-corrected chi connectivity index (χ1v) is 6.35. The van der Waals surface area contributed by atoms with Crippen molar-refractivity contribution >= 4 is 21.6 Å². The minimum atomic E-state index is -3.59. The third-order valence-electron chi connectivity index (χ3n) is 2.06. The van der Waals surface area contributed by atoms with Gasteiger partial charge < -0.3 is 0 Å². The number of hydrogen-bond acceptors (Lipinski definition) is 3. The Labute approximate surface area is 98.5 Å². The fraction of sp³-hybridized carbons (Fsp3) is 0.100. The average Bonchev–Trinajstić information content (AvgIpc) is 2.66. The number of benzene rings is 1. The second-order valence-corrected chi connectivity index (χ2v) is 5.52. The molecule has 4 nitrogen and oxygen atoms in total. The van der Waals surface area contributed by atoms with Gasteiger partial charge in [0.15, 0.2) is 0 Å². The summed E-state index contributed by atoms with van der Waals surface area (Å²) in [5.41, 5.74) is 0.650. The molecule has 0 N–H and O–H groups in total. The zero-order chi connectivity index (χ0) is 11.8. The second kappa shape index (κ2) is 3.92. The summed E-state index contributed by atoms with van der Waals surface area (Å²) in [5, 5.41) is 4.37. The zero-order valence-corrected chi connectivity index (χ0v) is 10.0. The number of halogens is 1. The van der Waals surface area contributed by atoms with Crippen molar-refractivity contribution in [1.82, 2.24) is 9.19 Å². The maximum Gasteiger partial charge on any atom is 0.282 e. The van der Waals surface area contributed by atoms with Crippen molar-refractivity contribution in [2.75, 3.05) is 0 Å². The average molecular weight is 257 g/mol. The number of aromatic nitrogens is 2. The maximum absolute atomic E-state index is 12.0. The first-order chi connectivity index (χ1) is 7.50. The lowest BCUT2D eigenvalue weighted by Gasteiger charge is -2.03. The van der Waals surface area contributed by atoms with Crippen LogP contribution in [0.5, 0.6) is 0 Å². The first-order valence-electron chi connectivity index (χ1n) is 4.53. The molecule has 1 heterocycles. The molecule has 0 spiro atoms. The van der Waals surface area contributed by atoms with Crippen LogP contribution in [0.2, 0.25) is 5.02 Å². The van der Waals surface area contributed by atoms with Crippen LogP contribution in [0.3, 0.4) is 0 Å². The number of rotatable bonds is 2. The molecule has 2 aromatic rings. The van der Waals surface area contributed by atoms with Gasteiger partial charge in [-0.05, 0) is 37.3 Å². The van der Waals surface area contributed by atoms with E-state index in [4.69, 9.17) is 11.6 Å². The van der Waals surface area contributed by atoms with E-state index in [2.05, 4.69) is 5.10 Å². The quantitative estimate of drug-likeness (QED) is 0.827. The number of aryl methyl sites for hydroxylation is 1. The molecule has 0 aliphatic rings. The van der Waals surface area contributed by atoms with Gasteiger partial charge in [0.1, 0.15) is 0 Å². The van der Waals surface area contributed by atoms with Gasteiger partial charge in [0.2, 0.25) is 0 Å². The summed E-state index contributed by atoms with van der Waals surface area (Å²) in [7, 11) is -3.59. The Balaban J connectivity index is 2.51. The highest BCUT2D eigenvalue weighted by Crippen LogP contribution is 2.16. The fourth-order valence-electron chi connectivity index (χ4n) is 1.24. The Morgan fingerprint density at radius 3 is 2.31 bits per heavy atom. The van der Waals surface area contributed by atoms with Crippen LogP contribution in [-0.2, 0) is 10.0 Å². The molecule has 0 unspecified atom stereocenters. The lowest BCUT2D eigenvalue weighted by molar-refractivity contribution is 0.579. The molecule has 2 rings (SSSR count). The van der Waals surface area contributed by atoms with Gasteiger partial charge in [0.05, 0.1) is 10.6 Å². The molecule has 0 amide bonds. The summed E-state index contributed by atoms with van der Waals surface area (Å²) in [5.74, 6) is 0. The van der Waals surface area contributed by atoms with Gasteiger partial charge in [0.25, 0.3) is 10.0 Å². The first kappa shape index (κ1) is 11.2. The minimum Gasteiger partial charge on any atom is -0.199 e. The van der Waals surface area contributed by atoms with Crippen LogP contribution in [0.1, 0.15) is 5.69 Å². The normalized spacial score (nSPS) is 11.6. The van der Waals surface area contributed by atoms with Gasteiger partial charge in [-0.2, -0.15) is 17.6 Å². The molecular weight excluding hydrogens is 248 g/mol. The minimum absolute atomic E-state index is 0.167. The van der Waals surface area contributed by atoms with Crippen molar-refractivity contribution in [3.63, 3.8) is 0 Å². The molecule has 0 radical (unpaired) electrons. The highest BCUT2D eigenvalue weighted by molar-refractivity contribution is 7.89. The van der Waals surface area contributed by atoms with Crippen LogP contribution in [-0.4, -0.2) is 17.6 Å². The van der Waals surface area contributed by atoms with Gasteiger partial charge >= 0.3 is 0 Å². The lowest BCUT2D eigenvalue weighted by Crippen LogP contribution is -2.13. The summed E-state index contributed by atoms with van der Waals surface area (Å²) in [6, 6.07) is 7.60. The van der Waals surface area contributed by atoms with Crippen molar-refractivity contribution in [2.24, 2.45) is 0 Å². The van der Waals surface area contributed by atoms with Gasteiger partial charge in [-0.3, -0.25) is 0 Å². The third-order valence-corrected chi connectivity index (χ3v) is 3.87.